The average molecular weight is 162 g/mol. The van der Waals surface area contributed by atoms with E-state index < -0.39 is 5.92 Å². The summed E-state index contributed by atoms with van der Waals surface area (Å²) in [6.45, 7) is 0. The van der Waals surface area contributed by atoms with Crippen LogP contribution in [0.5, 0.6) is 0 Å². The van der Waals surface area contributed by atoms with Gasteiger partial charge in [-0.3, -0.25) is 4.79 Å². The minimum atomic E-state index is -3.07. The minimum absolute atomic E-state index is 0.0789. The highest BCUT2D eigenvalue weighted by atomic mass is 19.3. The van der Waals surface area contributed by atoms with E-state index in [-0.39, 0.29) is 18.6 Å². The molecule has 0 spiro atoms. The highest BCUT2D eigenvalue weighted by Gasteiger charge is 2.32. The maximum Gasteiger partial charge on any atom is 0.302 e. The first-order valence-corrected chi connectivity index (χ1v) is 3.98. The Morgan fingerprint density at radius 1 is 1.36 bits per heavy atom. The molecule has 64 valence electrons. The fraction of sp³-hybridized carbons (Fsp3) is 0.875. The van der Waals surface area contributed by atoms with Gasteiger partial charge in [0.15, 0.2) is 6.29 Å². The first-order valence-electron chi connectivity index (χ1n) is 3.98. The molecule has 1 aliphatic rings. The predicted octanol–water partition coefficient (Wildman–Crippen LogP) is 2.40. The average Bonchev–Trinajstić information content (AvgIpc) is 2.39. The highest BCUT2D eigenvalue weighted by Crippen LogP contribution is 2.33. The van der Waals surface area contributed by atoms with E-state index in [0.29, 0.717) is 0 Å². The first kappa shape index (κ1) is 8.62. The van der Waals surface area contributed by atoms with Crippen molar-refractivity contribution in [3.8, 4) is 0 Å². The van der Waals surface area contributed by atoms with E-state index in [4.69, 9.17) is 0 Å². The summed E-state index contributed by atoms with van der Waals surface area (Å²) in [5, 5.41) is 0. The summed E-state index contributed by atoms with van der Waals surface area (Å²) in [4.78, 5) is 9.86. The molecule has 0 heterocycles. The van der Waals surface area contributed by atoms with Crippen LogP contribution in [0.1, 0.15) is 32.1 Å². The first-order chi connectivity index (χ1) is 5.14. The minimum Gasteiger partial charge on any atom is -0.297 e. The van der Waals surface area contributed by atoms with Gasteiger partial charge in [-0.1, -0.05) is 25.7 Å². The highest BCUT2D eigenvalue weighted by molar-refractivity contribution is 5.59. The molecule has 0 radical (unpaired) electrons. The molecule has 1 rings (SSSR count). The number of hydrogen-bond donors (Lipinski definition) is 0. The Hall–Kier alpha value is -0.470. The lowest BCUT2D eigenvalue weighted by molar-refractivity contribution is -0.131. The van der Waals surface area contributed by atoms with E-state index in [1.54, 1.807) is 0 Å². The van der Waals surface area contributed by atoms with Crippen LogP contribution in [0.15, 0.2) is 0 Å². The van der Waals surface area contributed by atoms with Gasteiger partial charge < -0.3 is 0 Å². The van der Waals surface area contributed by atoms with Crippen molar-refractivity contribution in [2.45, 2.75) is 38.0 Å². The van der Waals surface area contributed by atoms with Gasteiger partial charge in [0.2, 0.25) is 0 Å². The molecule has 0 aromatic carbocycles. The molecule has 1 saturated carbocycles. The quantitative estimate of drug-likeness (QED) is 0.582. The number of hydrogen-bond acceptors (Lipinski definition) is 1. The van der Waals surface area contributed by atoms with Crippen molar-refractivity contribution in [1.29, 1.82) is 0 Å². The largest absolute Gasteiger partial charge is 0.302 e. The second kappa shape index (κ2) is 3.28. The summed E-state index contributed by atoms with van der Waals surface area (Å²) in [5.74, 6) is -3.00. The fourth-order valence-electron chi connectivity index (χ4n) is 1.65. The van der Waals surface area contributed by atoms with Crippen molar-refractivity contribution < 1.29 is 13.6 Å². The van der Waals surface area contributed by atoms with Gasteiger partial charge in [0, 0.05) is 6.42 Å². The summed E-state index contributed by atoms with van der Waals surface area (Å²) in [5.41, 5.74) is 0. The van der Waals surface area contributed by atoms with E-state index in [1.807, 2.05) is 0 Å². The van der Waals surface area contributed by atoms with Crippen LogP contribution in [-0.2, 0) is 4.79 Å². The molecule has 0 aromatic heterocycles. The summed E-state index contributed by atoms with van der Waals surface area (Å²) in [7, 11) is 0. The second-order valence-electron chi connectivity index (χ2n) is 3.23. The maximum atomic E-state index is 12.4. The predicted molar refractivity (Wildman–Crippen MR) is 37.6 cm³/mol. The molecule has 11 heavy (non-hydrogen) atoms. The third kappa shape index (κ3) is 2.56. The van der Waals surface area contributed by atoms with Crippen LogP contribution < -0.4 is 0 Å². The summed E-state index contributed by atoms with van der Waals surface area (Å²) >= 11 is 0. The van der Waals surface area contributed by atoms with Crippen molar-refractivity contribution in [2.75, 3.05) is 0 Å². The third-order valence-electron chi connectivity index (χ3n) is 2.21. The van der Waals surface area contributed by atoms with Gasteiger partial charge in [-0.2, -0.15) is 8.78 Å². The van der Waals surface area contributed by atoms with Gasteiger partial charge in [0.1, 0.15) is 0 Å². The van der Waals surface area contributed by atoms with Crippen molar-refractivity contribution in [3.63, 3.8) is 0 Å². The zero-order valence-electron chi connectivity index (χ0n) is 6.35. The molecular weight excluding hydrogens is 150 g/mol. The topological polar surface area (TPSA) is 17.1 Å². The lowest BCUT2D eigenvalue weighted by Crippen LogP contribution is -2.21. The van der Waals surface area contributed by atoms with Crippen molar-refractivity contribution in [2.24, 2.45) is 5.92 Å². The Bertz CT molecular complexity index is 139. The number of carbonyl (C=O) groups is 1. The number of alkyl halides is 2. The number of rotatable bonds is 3. The smallest absolute Gasteiger partial charge is 0.297 e. The number of halogens is 2. The van der Waals surface area contributed by atoms with Crippen LogP contribution >= 0.6 is 0 Å². The summed E-state index contributed by atoms with van der Waals surface area (Å²) in [6, 6.07) is 0. The molecule has 0 bridgehead atoms. The second-order valence-corrected chi connectivity index (χ2v) is 3.23. The van der Waals surface area contributed by atoms with Crippen LogP contribution in [0.3, 0.4) is 0 Å². The monoisotopic (exact) mass is 162 g/mol. The van der Waals surface area contributed by atoms with Gasteiger partial charge in [-0.05, 0) is 5.92 Å². The molecule has 0 unspecified atom stereocenters. The van der Waals surface area contributed by atoms with Gasteiger partial charge >= 0.3 is 5.92 Å². The van der Waals surface area contributed by atoms with E-state index in [1.165, 1.54) is 0 Å². The van der Waals surface area contributed by atoms with Crippen LogP contribution in [0.25, 0.3) is 0 Å². The Labute approximate surface area is 64.8 Å². The van der Waals surface area contributed by atoms with Crippen LogP contribution in [0.4, 0.5) is 8.78 Å². The van der Waals surface area contributed by atoms with Crippen molar-refractivity contribution in [3.05, 3.63) is 0 Å². The molecule has 3 heteroatoms. The number of aldehydes is 1. The maximum absolute atomic E-state index is 12.4. The molecule has 0 amide bonds. The molecule has 0 saturated heterocycles. The standard InChI is InChI=1S/C8H12F2O/c9-8(10,6-11)5-7-3-1-2-4-7/h6-7H,1-5H2. The Kier molecular flexibility index (Phi) is 2.58. The van der Waals surface area contributed by atoms with Crippen LogP contribution in [-0.4, -0.2) is 12.2 Å². The zero-order chi connectivity index (χ0) is 8.32. The lowest BCUT2D eigenvalue weighted by atomic mass is 10.0. The fourth-order valence-corrected chi connectivity index (χ4v) is 1.65. The molecular formula is C8H12F2O. The molecule has 0 aromatic rings. The Balaban J connectivity index is 2.33. The molecule has 1 nitrogen and oxygen atoms in total. The SMILES string of the molecule is O=CC(F)(F)CC1CCCC1. The van der Waals surface area contributed by atoms with Gasteiger partial charge in [0.05, 0.1) is 0 Å². The van der Waals surface area contributed by atoms with Crippen molar-refractivity contribution in [1.82, 2.24) is 0 Å². The summed E-state index contributed by atoms with van der Waals surface area (Å²) in [6.07, 6.45) is 3.34. The van der Waals surface area contributed by atoms with E-state index in [2.05, 4.69) is 0 Å². The Morgan fingerprint density at radius 2 is 1.91 bits per heavy atom. The van der Waals surface area contributed by atoms with Crippen LogP contribution in [0, 0.1) is 5.92 Å². The zero-order valence-corrected chi connectivity index (χ0v) is 6.35. The van der Waals surface area contributed by atoms with Gasteiger partial charge in [0.25, 0.3) is 0 Å². The molecule has 1 aliphatic carbocycles. The van der Waals surface area contributed by atoms with Gasteiger partial charge in [-0.15, -0.1) is 0 Å². The van der Waals surface area contributed by atoms with Crippen molar-refractivity contribution >= 4 is 6.29 Å². The van der Waals surface area contributed by atoms with E-state index >= 15 is 0 Å². The molecule has 0 N–H and O–H groups in total. The Morgan fingerprint density at radius 3 is 2.36 bits per heavy atom. The van der Waals surface area contributed by atoms with E-state index in [0.717, 1.165) is 25.7 Å². The van der Waals surface area contributed by atoms with Crippen LogP contribution in [0.2, 0.25) is 0 Å². The lowest BCUT2D eigenvalue weighted by Gasteiger charge is -2.13. The molecule has 0 atom stereocenters. The summed E-state index contributed by atoms with van der Waals surface area (Å²) < 4.78 is 24.9. The normalized spacial score (nSPS) is 20.5. The molecule has 1 fully saturated rings. The number of carbonyl (C=O) groups excluding carboxylic acids is 1. The van der Waals surface area contributed by atoms with Gasteiger partial charge in [-0.25, -0.2) is 0 Å². The third-order valence-corrected chi connectivity index (χ3v) is 2.21. The van der Waals surface area contributed by atoms with E-state index in [9.17, 15) is 13.6 Å². The molecule has 0 aliphatic heterocycles.